The van der Waals surface area contributed by atoms with Gasteiger partial charge in [-0.2, -0.15) is 0 Å². The van der Waals surface area contributed by atoms with Crippen molar-refractivity contribution < 1.29 is 13.2 Å². The van der Waals surface area contributed by atoms with Crippen molar-refractivity contribution in [3.8, 4) is 0 Å². The van der Waals surface area contributed by atoms with Crippen molar-refractivity contribution in [1.82, 2.24) is 5.32 Å². The molecule has 1 amide bonds. The van der Waals surface area contributed by atoms with E-state index < -0.39 is 15.9 Å². The molecule has 0 unspecified atom stereocenters. The monoisotopic (exact) mass is 336 g/mol. The van der Waals surface area contributed by atoms with Gasteiger partial charge < -0.3 is 5.32 Å². The van der Waals surface area contributed by atoms with Gasteiger partial charge in [-0.15, -0.1) is 0 Å². The molecule has 1 saturated carbocycles. The molecule has 0 atom stereocenters. The van der Waals surface area contributed by atoms with Crippen LogP contribution in [-0.2, 0) is 10.0 Å². The Hall–Kier alpha value is -0.820. The number of carbonyl (C=O) groups excluding carboxylic acids is 1. The Morgan fingerprint density at radius 3 is 2.50 bits per heavy atom. The summed E-state index contributed by atoms with van der Waals surface area (Å²) in [6.07, 6.45) is 3.32. The Labute approximate surface area is 127 Å². The maximum Gasteiger partial charge on any atom is 0.252 e. The Balaban J connectivity index is 2.19. The maximum absolute atomic E-state index is 12.0. The summed E-state index contributed by atoms with van der Waals surface area (Å²) in [6, 6.07) is 2.31. The third-order valence-corrected chi connectivity index (χ3v) is 4.80. The molecule has 110 valence electrons. The molecule has 1 aromatic carbocycles. The Morgan fingerprint density at radius 1 is 1.30 bits per heavy atom. The number of hydrogen-bond acceptors (Lipinski definition) is 3. The summed E-state index contributed by atoms with van der Waals surface area (Å²) in [7, 11) is -4.00. The number of sulfonamides is 1. The first-order valence-corrected chi connectivity index (χ1v) is 8.39. The van der Waals surface area contributed by atoms with Crippen LogP contribution in [0.5, 0.6) is 0 Å². The molecule has 0 spiro atoms. The molecule has 0 heterocycles. The van der Waals surface area contributed by atoms with E-state index in [1.165, 1.54) is 18.9 Å². The number of amides is 1. The fourth-order valence-electron chi connectivity index (χ4n) is 1.81. The van der Waals surface area contributed by atoms with Crippen LogP contribution < -0.4 is 10.5 Å². The second-order valence-corrected chi connectivity index (χ2v) is 7.14. The van der Waals surface area contributed by atoms with Crippen LogP contribution >= 0.6 is 23.2 Å². The third kappa shape index (κ3) is 3.85. The minimum atomic E-state index is -4.00. The molecule has 1 aliphatic rings. The number of benzene rings is 1. The number of primary sulfonamides is 1. The van der Waals surface area contributed by atoms with Gasteiger partial charge in [0.05, 0.1) is 15.6 Å². The van der Waals surface area contributed by atoms with Crippen LogP contribution in [0.3, 0.4) is 0 Å². The Morgan fingerprint density at radius 2 is 1.95 bits per heavy atom. The van der Waals surface area contributed by atoms with E-state index in [1.54, 1.807) is 0 Å². The van der Waals surface area contributed by atoms with Gasteiger partial charge in [-0.1, -0.05) is 36.0 Å². The molecule has 20 heavy (non-hydrogen) atoms. The van der Waals surface area contributed by atoms with Gasteiger partial charge in [0, 0.05) is 6.54 Å². The first-order chi connectivity index (χ1) is 9.29. The van der Waals surface area contributed by atoms with Crippen molar-refractivity contribution >= 4 is 39.1 Å². The number of carbonyl (C=O) groups is 1. The lowest BCUT2D eigenvalue weighted by molar-refractivity contribution is 0.0952. The molecule has 8 heteroatoms. The third-order valence-electron chi connectivity index (χ3n) is 3.11. The summed E-state index contributed by atoms with van der Waals surface area (Å²) < 4.78 is 22.7. The van der Waals surface area contributed by atoms with E-state index in [4.69, 9.17) is 28.3 Å². The summed E-state index contributed by atoms with van der Waals surface area (Å²) in [5, 5.41) is 7.73. The van der Waals surface area contributed by atoms with Crippen molar-refractivity contribution in [2.24, 2.45) is 11.1 Å². The van der Waals surface area contributed by atoms with E-state index in [9.17, 15) is 13.2 Å². The van der Waals surface area contributed by atoms with Gasteiger partial charge in [0.2, 0.25) is 10.0 Å². The highest BCUT2D eigenvalue weighted by atomic mass is 35.5. The maximum atomic E-state index is 12.0. The van der Waals surface area contributed by atoms with Crippen LogP contribution in [0, 0.1) is 5.92 Å². The van der Waals surface area contributed by atoms with Gasteiger partial charge in [-0.25, -0.2) is 13.6 Å². The van der Waals surface area contributed by atoms with E-state index in [-0.39, 0.29) is 20.5 Å². The lowest BCUT2D eigenvalue weighted by Crippen LogP contribution is -2.25. The number of nitrogens with one attached hydrogen (secondary N) is 1. The van der Waals surface area contributed by atoms with Crippen molar-refractivity contribution in [3.63, 3.8) is 0 Å². The summed E-state index contributed by atoms with van der Waals surface area (Å²) in [5.41, 5.74) is 0.0517. The zero-order chi connectivity index (χ0) is 14.9. The molecule has 2 rings (SSSR count). The average Bonchev–Trinajstić information content (AvgIpc) is 3.11. The topological polar surface area (TPSA) is 89.3 Å². The second kappa shape index (κ2) is 5.89. The number of halogens is 2. The molecule has 0 aliphatic heterocycles. The fraction of sp³-hybridized carbons (Fsp3) is 0.417. The lowest BCUT2D eigenvalue weighted by atomic mass is 10.2. The van der Waals surface area contributed by atoms with E-state index in [0.29, 0.717) is 12.5 Å². The van der Waals surface area contributed by atoms with E-state index in [0.717, 1.165) is 12.5 Å². The number of rotatable bonds is 5. The Kier molecular flexibility index (Phi) is 4.59. The van der Waals surface area contributed by atoms with E-state index in [1.807, 2.05) is 0 Å². The van der Waals surface area contributed by atoms with Crippen molar-refractivity contribution in [2.75, 3.05) is 6.54 Å². The molecule has 0 radical (unpaired) electrons. The van der Waals surface area contributed by atoms with Gasteiger partial charge in [0.15, 0.2) is 0 Å². The van der Waals surface area contributed by atoms with Crippen LogP contribution in [-0.4, -0.2) is 20.9 Å². The van der Waals surface area contributed by atoms with Crippen molar-refractivity contribution in [1.29, 1.82) is 0 Å². The van der Waals surface area contributed by atoms with Crippen molar-refractivity contribution in [3.05, 3.63) is 27.7 Å². The zero-order valence-electron chi connectivity index (χ0n) is 10.5. The summed E-state index contributed by atoms with van der Waals surface area (Å²) in [5.74, 6) is 0.258. The highest BCUT2D eigenvalue weighted by molar-refractivity contribution is 7.89. The van der Waals surface area contributed by atoms with Crippen LogP contribution in [0.25, 0.3) is 0 Å². The first kappa shape index (κ1) is 15.6. The fourth-order valence-corrected chi connectivity index (χ4v) is 3.22. The molecule has 1 fully saturated rings. The van der Waals surface area contributed by atoms with Gasteiger partial charge in [0.25, 0.3) is 5.91 Å². The smallest absolute Gasteiger partial charge is 0.252 e. The minimum absolute atomic E-state index is 0.0517. The quantitative estimate of drug-likeness (QED) is 0.863. The predicted molar refractivity (Wildman–Crippen MR) is 77.5 cm³/mol. The van der Waals surface area contributed by atoms with Crippen LogP contribution in [0.2, 0.25) is 10.0 Å². The molecule has 1 aromatic rings. The molecular weight excluding hydrogens is 323 g/mol. The lowest BCUT2D eigenvalue weighted by Gasteiger charge is -2.09. The van der Waals surface area contributed by atoms with Gasteiger partial charge in [0.1, 0.15) is 4.90 Å². The standard InChI is InChI=1S/C12H14Cl2N2O3S/c13-9-6-10(14)11(20(15,18)19)5-8(9)12(17)16-4-3-7-1-2-7/h5-7H,1-4H2,(H,16,17)(H2,15,18,19). The zero-order valence-corrected chi connectivity index (χ0v) is 12.9. The number of hydrogen-bond donors (Lipinski definition) is 2. The van der Waals surface area contributed by atoms with Crippen molar-refractivity contribution in [2.45, 2.75) is 24.2 Å². The summed E-state index contributed by atoms with van der Waals surface area (Å²) in [4.78, 5) is 11.7. The molecular formula is C12H14Cl2N2O3S. The summed E-state index contributed by atoms with van der Waals surface area (Å²) in [6.45, 7) is 0.535. The Bertz CT molecular complexity index is 642. The van der Waals surface area contributed by atoms with E-state index >= 15 is 0 Å². The predicted octanol–water partition coefficient (Wildman–Crippen LogP) is 2.17. The molecule has 0 aromatic heterocycles. The normalized spacial score (nSPS) is 15.2. The van der Waals surface area contributed by atoms with E-state index in [2.05, 4.69) is 5.32 Å². The number of nitrogens with two attached hydrogens (primary N) is 1. The second-order valence-electron chi connectivity index (χ2n) is 4.80. The molecule has 0 saturated heterocycles. The molecule has 5 nitrogen and oxygen atoms in total. The minimum Gasteiger partial charge on any atom is -0.352 e. The van der Waals surface area contributed by atoms with Crippen LogP contribution in [0.1, 0.15) is 29.6 Å². The van der Waals surface area contributed by atoms with Gasteiger partial charge in [-0.05, 0) is 24.5 Å². The first-order valence-electron chi connectivity index (χ1n) is 6.09. The summed E-state index contributed by atoms with van der Waals surface area (Å²) >= 11 is 11.7. The highest BCUT2D eigenvalue weighted by Crippen LogP contribution is 2.32. The average molecular weight is 337 g/mol. The van der Waals surface area contributed by atoms with Crippen LogP contribution in [0.4, 0.5) is 0 Å². The van der Waals surface area contributed by atoms with Gasteiger partial charge in [-0.3, -0.25) is 4.79 Å². The highest BCUT2D eigenvalue weighted by Gasteiger charge is 2.22. The molecule has 0 bridgehead atoms. The molecule has 3 N–H and O–H groups in total. The van der Waals surface area contributed by atoms with Gasteiger partial charge >= 0.3 is 0 Å². The van der Waals surface area contributed by atoms with Crippen LogP contribution in [0.15, 0.2) is 17.0 Å². The largest absolute Gasteiger partial charge is 0.352 e. The SMILES string of the molecule is NS(=O)(=O)c1cc(C(=O)NCCC2CC2)c(Cl)cc1Cl. The molecule has 1 aliphatic carbocycles.